The molecule has 0 aliphatic heterocycles. The first-order chi connectivity index (χ1) is 8.02. The van der Waals surface area contributed by atoms with E-state index in [1.807, 2.05) is 0 Å². The van der Waals surface area contributed by atoms with Crippen LogP contribution in [-0.4, -0.2) is 29.1 Å². The van der Waals surface area contributed by atoms with Gasteiger partial charge in [0.1, 0.15) is 0 Å². The van der Waals surface area contributed by atoms with Crippen molar-refractivity contribution in [3.8, 4) is 0 Å². The Kier molecular flexibility index (Phi) is 5.71. The summed E-state index contributed by atoms with van der Waals surface area (Å²) in [5, 5.41) is 11.7. The van der Waals surface area contributed by atoms with Gasteiger partial charge >= 0.3 is 5.97 Å². The molecule has 0 bridgehead atoms. The lowest BCUT2D eigenvalue weighted by atomic mass is 9.81. The van der Waals surface area contributed by atoms with Gasteiger partial charge in [-0.05, 0) is 43.4 Å². The average molecular weight is 263 g/mol. The summed E-state index contributed by atoms with van der Waals surface area (Å²) >= 11 is 5.58. The molecule has 1 unspecified atom stereocenters. The van der Waals surface area contributed by atoms with Crippen molar-refractivity contribution in [2.45, 2.75) is 51.1 Å². The third-order valence-corrected chi connectivity index (χ3v) is 3.56. The van der Waals surface area contributed by atoms with Gasteiger partial charge in [-0.2, -0.15) is 0 Å². The van der Waals surface area contributed by atoms with Gasteiger partial charge in [0.25, 0.3) is 0 Å². The van der Waals surface area contributed by atoms with Crippen LogP contribution in [0.1, 0.15) is 39.0 Å². The minimum Gasteiger partial charge on any atom is -0.481 e. The Morgan fingerprint density at radius 1 is 1.35 bits per heavy atom. The molecule has 17 heavy (non-hydrogen) atoms. The van der Waals surface area contributed by atoms with Crippen molar-refractivity contribution in [2.24, 2.45) is 5.92 Å². The third kappa shape index (κ3) is 4.91. The molecule has 0 radical (unpaired) electrons. The van der Waals surface area contributed by atoms with Crippen LogP contribution < -0.4 is 10.2 Å². The molecule has 0 aromatic rings. The topological polar surface area (TPSA) is 78.4 Å². The molecule has 1 amide bonds. The van der Waals surface area contributed by atoms with Crippen molar-refractivity contribution in [1.82, 2.24) is 10.2 Å². The van der Waals surface area contributed by atoms with Gasteiger partial charge in [-0.1, -0.05) is 0 Å². The zero-order chi connectivity index (χ0) is 12.8. The van der Waals surface area contributed by atoms with E-state index in [0.717, 1.165) is 25.7 Å². The van der Waals surface area contributed by atoms with Crippen LogP contribution in [0.4, 0.5) is 0 Å². The molecule has 0 heterocycles. The maximum absolute atomic E-state index is 10.9. The van der Waals surface area contributed by atoms with E-state index in [-0.39, 0.29) is 30.3 Å². The van der Waals surface area contributed by atoms with Crippen molar-refractivity contribution >= 4 is 23.7 Å². The minimum absolute atomic E-state index is 0.00833. The van der Waals surface area contributed by atoms with Crippen LogP contribution in [0.5, 0.6) is 0 Å². The number of rotatable bonds is 5. The molecule has 1 fully saturated rings. The van der Waals surface area contributed by atoms with Gasteiger partial charge in [0.05, 0.1) is 6.42 Å². The summed E-state index contributed by atoms with van der Waals surface area (Å²) in [5.41, 5.74) is 0. The Hall–Kier alpha value is -0.810. The first-order valence-electron chi connectivity index (χ1n) is 5.88. The Labute approximate surface area is 106 Å². The van der Waals surface area contributed by atoms with Crippen LogP contribution in [0.3, 0.4) is 0 Å². The first kappa shape index (κ1) is 14.3. The third-order valence-electron chi connectivity index (χ3n) is 3.28. The maximum Gasteiger partial charge on any atom is 0.304 e. The fourth-order valence-electron chi connectivity index (χ4n) is 2.44. The summed E-state index contributed by atoms with van der Waals surface area (Å²) in [7, 11) is 0. The molecule has 1 aliphatic rings. The molecule has 0 aromatic carbocycles. The molecule has 1 saturated carbocycles. The van der Waals surface area contributed by atoms with Crippen molar-refractivity contribution in [2.75, 3.05) is 0 Å². The molecule has 6 heteroatoms. The van der Waals surface area contributed by atoms with Crippen molar-refractivity contribution in [3.05, 3.63) is 0 Å². The second-order valence-electron chi connectivity index (χ2n) is 4.63. The largest absolute Gasteiger partial charge is 0.481 e. The number of aliphatic carboxylic acids is 1. The van der Waals surface area contributed by atoms with Gasteiger partial charge in [-0.15, -0.1) is 0 Å². The summed E-state index contributed by atoms with van der Waals surface area (Å²) in [5.74, 6) is -0.577. The highest BCUT2D eigenvalue weighted by molar-refractivity contribution is 6.13. The monoisotopic (exact) mass is 262 g/mol. The van der Waals surface area contributed by atoms with E-state index in [2.05, 4.69) is 10.2 Å². The Bertz CT molecular complexity index is 278. The Balaban J connectivity index is 2.38. The fraction of sp³-hybridized carbons (Fsp3) is 0.818. The molecule has 1 aliphatic carbocycles. The van der Waals surface area contributed by atoms with Crippen LogP contribution in [0.15, 0.2) is 0 Å². The molecule has 5 nitrogen and oxygen atoms in total. The van der Waals surface area contributed by atoms with Gasteiger partial charge in [0.15, 0.2) is 0 Å². The Morgan fingerprint density at radius 3 is 2.35 bits per heavy atom. The first-order valence-corrected chi connectivity index (χ1v) is 6.25. The molecule has 0 aromatic heterocycles. The quantitative estimate of drug-likeness (QED) is 0.652. The van der Waals surface area contributed by atoms with E-state index >= 15 is 0 Å². The zero-order valence-corrected chi connectivity index (χ0v) is 10.7. The lowest BCUT2D eigenvalue weighted by Crippen LogP contribution is -2.41. The van der Waals surface area contributed by atoms with Crippen molar-refractivity contribution in [3.63, 3.8) is 0 Å². The number of carboxylic acids is 1. The number of carbonyl (C=O) groups excluding carboxylic acids is 1. The smallest absolute Gasteiger partial charge is 0.304 e. The van der Waals surface area contributed by atoms with Gasteiger partial charge < -0.3 is 10.4 Å². The molecule has 0 saturated heterocycles. The van der Waals surface area contributed by atoms with Gasteiger partial charge in [-0.3, -0.25) is 9.59 Å². The molecule has 0 spiro atoms. The van der Waals surface area contributed by atoms with Crippen LogP contribution in [-0.2, 0) is 9.59 Å². The molecular weight excluding hydrogens is 244 g/mol. The number of hydrogen-bond donors (Lipinski definition) is 3. The second kappa shape index (κ2) is 6.81. The number of carbonyl (C=O) groups is 2. The highest BCUT2D eigenvalue weighted by Gasteiger charge is 2.28. The van der Waals surface area contributed by atoms with Crippen molar-refractivity contribution < 1.29 is 14.7 Å². The normalized spacial score (nSPS) is 26.2. The standard InChI is InChI=1S/C11H19ClN2O3/c1-7(15)13-9-4-2-8(3-5-9)10(14-12)6-11(16)17/h8-10,14H,2-6H2,1H3,(H,13,15)(H,16,17). The molecule has 1 rings (SSSR count). The van der Waals surface area contributed by atoms with E-state index in [9.17, 15) is 9.59 Å². The van der Waals surface area contributed by atoms with Crippen molar-refractivity contribution in [1.29, 1.82) is 0 Å². The molecule has 98 valence electrons. The molecule has 3 N–H and O–H groups in total. The molecular formula is C11H19ClN2O3. The highest BCUT2D eigenvalue weighted by Crippen LogP contribution is 2.28. The summed E-state index contributed by atoms with van der Waals surface area (Å²) in [4.78, 5) is 24.1. The lowest BCUT2D eigenvalue weighted by Gasteiger charge is -2.32. The predicted octanol–water partition coefficient (Wildman–Crippen LogP) is 1.27. The van der Waals surface area contributed by atoms with Crippen LogP contribution >= 0.6 is 11.8 Å². The fourth-order valence-corrected chi connectivity index (χ4v) is 2.69. The Morgan fingerprint density at radius 2 is 1.94 bits per heavy atom. The van der Waals surface area contributed by atoms with Gasteiger partial charge in [0, 0.05) is 19.0 Å². The summed E-state index contributed by atoms with van der Waals surface area (Å²) in [6.07, 6.45) is 3.60. The summed E-state index contributed by atoms with van der Waals surface area (Å²) in [6, 6.07) is 0.0389. The van der Waals surface area contributed by atoms with E-state index < -0.39 is 5.97 Å². The van der Waals surface area contributed by atoms with E-state index in [1.54, 1.807) is 0 Å². The molecule has 1 atom stereocenters. The minimum atomic E-state index is -0.841. The lowest BCUT2D eigenvalue weighted by molar-refractivity contribution is -0.137. The van der Waals surface area contributed by atoms with Crippen LogP contribution in [0.2, 0.25) is 0 Å². The number of carboxylic acid groups (broad SMARTS) is 1. The predicted molar refractivity (Wildman–Crippen MR) is 64.6 cm³/mol. The number of nitrogens with one attached hydrogen (secondary N) is 2. The summed E-state index contributed by atoms with van der Waals surface area (Å²) in [6.45, 7) is 1.51. The average Bonchev–Trinajstić information content (AvgIpc) is 2.26. The van der Waals surface area contributed by atoms with Gasteiger partial charge in [-0.25, -0.2) is 4.84 Å². The number of hydrogen-bond acceptors (Lipinski definition) is 3. The highest BCUT2D eigenvalue weighted by atomic mass is 35.5. The zero-order valence-electron chi connectivity index (χ0n) is 9.91. The number of halogens is 1. The van der Waals surface area contributed by atoms with Gasteiger partial charge in [0.2, 0.25) is 5.91 Å². The number of amides is 1. The van der Waals surface area contributed by atoms with Crippen LogP contribution in [0, 0.1) is 5.92 Å². The second-order valence-corrected chi connectivity index (χ2v) is 4.84. The summed E-state index contributed by atoms with van der Waals surface area (Å²) < 4.78 is 0. The van der Waals surface area contributed by atoms with Crippen LogP contribution in [0.25, 0.3) is 0 Å². The van der Waals surface area contributed by atoms with E-state index in [0.29, 0.717) is 0 Å². The van der Waals surface area contributed by atoms with E-state index in [1.165, 1.54) is 6.92 Å². The van der Waals surface area contributed by atoms with E-state index in [4.69, 9.17) is 16.9 Å². The maximum atomic E-state index is 10.9. The SMILES string of the molecule is CC(=O)NC1CCC(C(CC(=O)O)NCl)CC1.